The van der Waals surface area contributed by atoms with Crippen molar-refractivity contribution in [3.05, 3.63) is 59.0 Å². The lowest BCUT2D eigenvalue weighted by Crippen LogP contribution is -2.11. The summed E-state index contributed by atoms with van der Waals surface area (Å²) in [7, 11) is 0. The van der Waals surface area contributed by atoms with E-state index in [-0.39, 0.29) is 24.1 Å². The lowest BCUT2D eigenvalue weighted by atomic mass is 10.3. The number of nitrogens with zero attached hydrogens (tertiary/aromatic N) is 4. The summed E-state index contributed by atoms with van der Waals surface area (Å²) in [5.74, 6) is 2.27. The SMILES string of the molecule is FC(F)CNc1cnc(-c2noc(-c3ccc(COc4ccc(Br)cc4)o3)n2)cn1. The molecule has 11 heteroatoms. The summed E-state index contributed by atoms with van der Waals surface area (Å²) in [5.41, 5.74) is 0.331. The highest BCUT2D eigenvalue weighted by Gasteiger charge is 2.16. The molecular formula is C19H14BrF2N5O3. The summed E-state index contributed by atoms with van der Waals surface area (Å²) < 4.78 is 42.0. The molecule has 0 bridgehead atoms. The molecule has 154 valence electrons. The van der Waals surface area contributed by atoms with Gasteiger partial charge in [-0.15, -0.1) is 0 Å². The third-order valence-electron chi connectivity index (χ3n) is 3.81. The van der Waals surface area contributed by atoms with Gasteiger partial charge in [-0.1, -0.05) is 21.1 Å². The van der Waals surface area contributed by atoms with Crippen LogP contribution in [0.25, 0.3) is 23.2 Å². The zero-order valence-corrected chi connectivity index (χ0v) is 16.8. The molecule has 0 saturated heterocycles. The molecule has 0 aliphatic rings. The molecule has 3 aromatic heterocycles. The van der Waals surface area contributed by atoms with Crippen LogP contribution in [0, 0.1) is 0 Å². The van der Waals surface area contributed by atoms with Crippen molar-refractivity contribution in [2.24, 2.45) is 0 Å². The van der Waals surface area contributed by atoms with Crippen LogP contribution in [-0.2, 0) is 6.61 Å². The van der Waals surface area contributed by atoms with E-state index in [4.69, 9.17) is 13.7 Å². The Balaban J connectivity index is 1.39. The van der Waals surface area contributed by atoms with Crippen molar-refractivity contribution in [3.63, 3.8) is 0 Å². The summed E-state index contributed by atoms with van der Waals surface area (Å²) in [6.45, 7) is -0.270. The first-order chi connectivity index (χ1) is 14.6. The monoisotopic (exact) mass is 477 g/mol. The van der Waals surface area contributed by atoms with Crippen molar-refractivity contribution in [1.29, 1.82) is 0 Å². The van der Waals surface area contributed by atoms with E-state index in [0.29, 0.717) is 23.0 Å². The van der Waals surface area contributed by atoms with Crippen LogP contribution in [-0.4, -0.2) is 33.1 Å². The van der Waals surface area contributed by atoms with E-state index >= 15 is 0 Å². The van der Waals surface area contributed by atoms with Crippen molar-refractivity contribution in [2.45, 2.75) is 13.0 Å². The number of alkyl halides is 2. The van der Waals surface area contributed by atoms with Crippen LogP contribution in [0.4, 0.5) is 14.6 Å². The number of nitrogens with one attached hydrogen (secondary N) is 1. The largest absolute Gasteiger partial charge is 0.486 e. The average molecular weight is 478 g/mol. The van der Waals surface area contributed by atoms with Crippen molar-refractivity contribution in [2.75, 3.05) is 11.9 Å². The van der Waals surface area contributed by atoms with Gasteiger partial charge < -0.3 is 19.0 Å². The molecule has 0 aliphatic carbocycles. The second-order valence-electron chi connectivity index (χ2n) is 5.99. The molecule has 4 aromatic rings. The van der Waals surface area contributed by atoms with Gasteiger partial charge in [0.2, 0.25) is 5.82 Å². The molecule has 0 unspecified atom stereocenters. The van der Waals surface area contributed by atoms with Gasteiger partial charge in [0.25, 0.3) is 12.3 Å². The number of rotatable bonds is 8. The fourth-order valence-electron chi connectivity index (χ4n) is 2.40. The first kappa shape index (κ1) is 20.0. The number of furan rings is 1. The minimum Gasteiger partial charge on any atom is -0.486 e. The van der Waals surface area contributed by atoms with E-state index in [9.17, 15) is 8.78 Å². The fourth-order valence-corrected chi connectivity index (χ4v) is 2.66. The Kier molecular flexibility index (Phi) is 5.98. The van der Waals surface area contributed by atoms with Crippen LogP contribution < -0.4 is 10.1 Å². The zero-order chi connectivity index (χ0) is 20.9. The topological polar surface area (TPSA) is 99.1 Å². The minimum atomic E-state index is -2.48. The van der Waals surface area contributed by atoms with E-state index in [0.717, 1.165) is 4.47 Å². The number of hydrogen-bond donors (Lipinski definition) is 1. The molecule has 0 aliphatic heterocycles. The van der Waals surface area contributed by atoms with Gasteiger partial charge in [-0.25, -0.2) is 18.7 Å². The van der Waals surface area contributed by atoms with Gasteiger partial charge >= 0.3 is 0 Å². The maximum atomic E-state index is 12.2. The number of ether oxygens (including phenoxy) is 1. The lowest BCUT2D eigenvalue weighted by molar-refractivity contribution is 0.163. The first-order valence-corrected chi connectivity index (χ1v) is 9.52. The predicted octanol–water partition coefficient (Wildman–Crippen LogP) is 4.81. The van der Waals surface area contributed by atoms with Gasteiger partial charge in [-0.05, 0) is 36.4 Å². The van der Waals surface area contributed by atoms with Crippen LogP contribution in [0.15, 0.2) is 62.2 Å². The second kappa shape index (κ2) is 8.99. The highest BCUT2D eigenvalue weighted by atomic mass is 79.9. The van der Waals surface area contributed by atoms with E-state index in [1.807, 2.05) is 24.3 Å². The smallest absolute Gasteiger partial charge is 0.293 e. The predicted molar refractivity (Wildman–Crippen MR) is 106 cm³/mol. The van der Waals surface area contributed by atoms with E-state index in [1.54, 1.807) is 12.1 Å². The maximum absolute atomic E-state index is 12.2. The highest BCUT2D eigenvalue weighted by Crippen LogP contribution is 2.24. The molecule has 0 amide bonds. The molecule has 0 radical (unpaired) electrons. The highest BCUT2D eigenvalue weighted by molar-refractivity contribution is 9.10. The number of hydrogen-bond acceptors (Lipinski definition) is 8. The van der Waals surface area contributed by atoms with Gasteiger partial charge in [0.1, 0.15) is 29.6 Å². The second-order valence-corrected chi connectivity index (χ2v) is 6.91. The summed E-state index contributed by atoms with van der Waals surface area (Å²) in [4.78, 5) is 12.3. The van der Waals surface area contributed by atoms with E-state index in [1.165, 1.54) is 12.4 Å². The van der Waals surface area contributed by atoms with Crippen molar-refractivity contribution in [3.8, 4) is 28.9 Å². The normalized spacial score (nSPS) is 11.1. The van der Waals surface area contributed by atoms with Crippen LogP contribution in [0.5, 0.6) is 5.75 Å². The maximum Gasteiger partial charge on any atom is 0.293 e. The van der Waals surface area contributed by atoms with Crippen LogP contribution in [0.3, 0.4) is 0 Å². The van der Waals surface area contributed by atoms with Crippen LogP contribution in [0.2, 0.25) is 0 Å². The van der Waals surface area contributed by atoms with Crippen molar-refractivity contribution >= 4 is 21.7 Å². The average Bonchev–Trinajstić information content (AvgIpc) is 3.42. The van der Waals surface area contributed by atoms with Crippen molar-refractivity contribution in [1.82, 2.24) is 20.1 Å². The third kappa shape index (κ3) is 4.98. The molecular weight excluding hydrogens is 464 g/mol. The van der Waals surface area contributed by atoms with E-state index < -0.39 is 13.0 Å². The molecule has 1 N–H and O–H groups in total. The Morgan fingerprint density at radius 2 is 1.90 bits per heavy atom. The van der Waals surface area contributed by atoms with Gasteiger partial charge in [0.05, 0.1) is 18.9 Å². The molecule has 0 saturated carbocycles. The van der Waals surface area contributed by atoms with Crippen LogP contribution >= 0.6 is 15.9 Å². The Bertz CT molecular complexity index is 1100. The first-order valence-electron chi connectivity index (χ1n) is 8.72. The summed E-state index contributed by atoms with van der Waals surface area (Å²) in [6.07, 6.45) is 0.199. The quantitative estimate of drug-likeness (QED) is 0.386. The Hall–Kier alpha value is -3.34. The van der Waals surface area contributed by atoms with Gasteiger partial charge in [0, 0.05) is 4.47 Å². The third-order valence-corrected chi connectivity index (χ3v) is 4.34. The van der Waals surface area contributed by atoms with Crippen LogP contribution in [0.1, 0.15) is 5.76 Å². The molecule has 8 nitrogen and oxygen atoms in total. The summed E-state index contributed by atoms with van der Waals surface area (Å²) >= 11 is 3.37. The summed E-state index contributed by atoms with van der Waals surface area (Å²) in [6, 6.07) is 10.9. The van der Waals surface area contributed by atoms with Gasteiger partial charge in [-0.3, -0.25) is 0 Å². The summed E-state index contributed by atoms with van der Waals surface area (Å²) in [5, 5.41) is 6.32. The molecule has 1 aromatic carbocycles. The molecule has 3 heterocycles. The Labute approximate surface area is 177 Å². The zero-order valence-electron chi connectivity index (χ0n) is 15.3. The van der Waals surface area contributed by atoms with Gasteiger partial charge in [-0.2, -0.15) is 4.98 Å². The Morgan fingerprint density at radius 1 is 1.07 bits per heavy atom. The fraction of sp³-hybridized carbons (Fsp3) is 0.158. The molecule has 4 rings (SSSR count). The molecule has 30 heavy (non-hydrogen) atoms. The van der Waals surface area contributed by atoms with E-state index in [2.05, 4.69) is 41.4 Å². The standard InChI is InChI=1S/C19H14BrF2N5O3/c20-11-1-3-12(4-2-11)28-10-13-5-6-15(29-13)19-26-18(27-30-19)14-7-24-17(9-23-14)25-8-16(21)22/h1-7,9,16H,8,10H2,(H,24,25). The molecule has 0 fully saturated rings. The lowest BCUT2D eigenvalue weighted by Gasteiger charge is -2.03. The minimum absolute atomic E-state index is 0.168. The number of halogens is 3. The van der Waals surface area contributed by atoms with Crippen molar-refractivity contribution < 1.29 is 22.5 Å². The number of anilines is 1. The molecule has 0 atom stereocenters. The Morgan fingerprint density at radius 3 is 2.63 bits per heavy atom. The molecule has 0 spiro atoms. The number of benzene rings is 1. The van der Waals surface area contributed by atoms with Gasteiger partial charge in [0.15, 0.2) is 5.76 Å². The number of aromatic nitrogens is 4.